The van der Waals surface area contributed by atoms with E-state index < -0.39 is 0 Å². The first-order valence-corrected chi connectivity index (χ1v) is 13.7. The molecule has 0 saturated heterocycles. The summed E-state index contributed by atoms with van der Waals surface area (Å²) in [5.74, 6) is 4.37. The van der Waals surface area contributed by atoms with E-state index in [0.29, 0.717) is 19.6 Å². The van der Waals surface area contributed by atoms with Crippen molar-refractivity contribution in [2.75, 3.05) is 31.0 Å². The summed E-state index contributed by atoms with van der Waals surface area (Å²) in [7, 11) is 0. The molecule has 31 heavy (non-hydrogen) atoms. The zero-order valence-electron chi connectivity index (χ0n) is 17.5. The number of hydrogen-bond acceptors (Lipinski definition) is 6. The van der Waals surface area contributed by atoms with Gasteiger partial charge in [0.25, 0.3) is 0 Å². The number of amides is 1. The Balaban J connectivity index is 1.44. The van der Waals surface area contributed by atoms with E-state index in [9.17, 15) is 4.79 Å². The van der Waals surface area contributed by atoms with Gasteiger partial charge in [0.2, 0.25) is 5.91 Å². The second-order valence-corrected chi connectivity index (χ2v) is 10.2. The van der Waals surface area contributed by atoms with E-state index in [-0.39, 0.29) is 5.91 Å². The topological polar surface area (TPSA) is 52.8 Å². The van der Waals surface area contributed by atoms with Crippen molar-refractivity contribution in [3.8, 4) is 11.5 Å². The Hall–Kier alpha value is -1.90. The lowest BCUT2D eigenvalue weighted by Gasteiger charge is -2.18. The Morgan fingerprint density at radius 2 is 1.90 bits per heavy atom. The molecule has 0 bridgehead atoms. The van der Waals surface area contributed by atoms with Crippen LogP contribution < -0.4 is 14.3 Å². The maximum atomic E-state index is 12.6. The van der Waals surface area contributed by atoms with Gasteiger partial charge in [0.1, 0.15) is 13.2 Å². The first-order chi connectivity index (χ1) is 15.2. The van der Waals surface area contributed by atoms with E-state index in [4.69, 9.17) is 9.47 Å². The minimum atomic E-state index is -0.0537. The van der Waals surface area contributed by atoms with Crippen molar-refractivity contribution in [1.29, 1.82) is 0 Å². The molecule has 2 heterocycles. The number of rotatable bonds is 9. The van der Waals surface area contributed by atoms with E-state index in [0.717, 1.165) is 56.7 Å². The van der Waals surface area contributed by atoms with Gasteiger partial charge in [-0.15, -0.1) is 0 Å². The molecule has 0 spiro atoms. The molecule has 1 aromatic heterocycles. The Morgan fingerprint density at radius 1 is 1.13 bits per heavy atom. The number of fused-ring (bicyclic) bond motifs is 2. The molecule has 1 amide bonds. The number of thiazole rings is 1. The molecule has 0 saturated carbocycles. The highest BCUT2D eigenvalue weighted by Gasteiger charge is 2.16. The average Bonchev–Trinajstić information content (AvgIpc) is 3.12. The predicted octanol–water partition coefficient (Wildman–Crippen LogP) is 4.98. The third kappa shape index (κ3) is 5.87. The van der Waals surface area contributed by atoms with Crippen molar-refractivity contribution in [2.24, 2.45) is 4.99 Å². The van der Waals surface area contributed by atoms with Crippen molar-refractivity contribution in [1.82, 2.24) is 4.57 Å². The van der Waals surface area contributed by atoms with Crippen LogP contribution in [-0.4, -0.2) is 41.4 Å². The lowest BCUT2D eigenvalue weighted by Crippen LogP contribution is -2.18. The second kappa shape index (κ2) is 11.1. The van der Waals surface area contributed by atoms with Crippen LogP contribution in [0.3, 0.4) is 0 Å². The van der Waals surface area contributed by atoms with Crippen LogP contribution in [0.2, 0.25) is 0 Å². The van der Waals surface area contributed by atoms with Gasteiger partial charge in [0.05, 0.1) is 10.2 Å². The highest BCUT2D eigenvalue weighted by atomic mass is 32.2. The molecule has 0 aliphatic carbocycles. The number of carbonyl (C=O) groups is 1. The molecular weight excluding hydrogens is 448 g/mol. The molecule has 5 nitrogen and oxygen atoms in total. The van der Waals surface area contributed by atoms with Crippen LogP contribution in [0.4, 0.5) is 0 Å². The van der Waals surface area contributed by atoms with Crippen molar-refractivity contribution < 1.29 is 14.3 Å². The largest absolute Gasteiger partial charge is 0.486 e. The van der Waals surface area contributed by atoms with Crippen molar-refractivity contribution in [3.05, 3.63) is 52.8 Å². The molecule has 0 unspecified atom stereocenters. The summed E-state index contributed by atoms with van der Waals surface area (Å²) in [4.78, 5) is 17.8. The number of aryl methyl sites for hydroxylation is 1. The molecule has 0 atom stereocenters. The Bertz CT molecular complexity index is 1090. The molecule has 0 N–H and O–H groups in total. The molecule has 0 radical (unpaired) electrons. The van der Waals surface area contributed by atoms with Gasteiger partial charge >= 0.3 is 0 Å². The lowest BCUT2D eigenvalue weighted by atomic mass is 10.2. The summed E-state index contributed by atoms with van der Waals surface area (Å²) in [5.41, 5.74) is 2.37. The second-order valence-electron chi connectivity index (χ2n) is 7.14. The molecule has 2 aromatic carbocycles. The fraction of sp³-hybridized carbons (Fsp3) is 0.391. The highest BCUT2D eigenvalue weighted by Crippen LogP contribution is 2.35. The fourth-order valence-electron chi connectivity index (χ4n) is 3.34. The van der Waals surface area contributed by atoms with Gasteiger partial charge in [-0.3, -0.25) is 4.79 Å². The molecule has 4 rings (SSSR count). The number of hydrogen-bond donors (Lipinski definition) is 0. The van der Waals surface area contributed by atoms with Gasteiger partial charge in [0.15, 0.2) is 16.3 Å². The maximum absolute atomic E-state index is 12.6. The molecule has 3 aromatic rings. The van der Waals surface area contributed by atoms with Gasteiger partial charge in [-0.1, -0.05) is 41.7 Å². The summed E-state index contributed by atoms with van der Waals surface area (Å²) in [6.45, 7) is 1.93. The number of benzene rings is 2. The van der Waals surface area contributed by atoms with E-state index in [2.05, 4.69) is 40.1 Å². The van der Waals surface area contributed by atoms with Crippen molar-refractivity contribution >= 4 is 51.0 Å². The minimum Gasteiger partial charge on any atom is -0.486 e. The van der Waals surface area contributed by atoms with E-state index in [1.165, 1.54) is 5.56 Å². The van der Waals surface area contributed by atoms with Crippen molar-refractivity contribution in [2.45, 2.75) is 25.1 Å². The predicted molar refractivity (Wildman–Crippen MR) is 132 cm³/mol. The SMILES string of the molecule is CSCCn1c(=NC(=O)CCCSCc2ccccc2)sc2cc3c(cc21)OCCO3. The minimum absolute atomic E-state index is 0.0537. The number of ether oxygens (including phenoxy) is 2. The van der Waals surface area contributed by atoms with E-state index >= 15 is 0 Å². The fourth-order valence-corrected chi connectivity index (χ4v) is 5.71. The Morgan fingerprint density at radius 3 is 2.68 bits per heavy atom. The summed E-state index contributed by atoms with van der Waals surface area (Å²) >= 11 is 5.18. The lowest BCUT2D eigenvalue weighted by molar-refractivity contribution is -0.118. The van der Waals surface area contributed by atoms with Crippen LogP contribution in [0.1, 0.15) is 18.4 Å². The van der Waals surface area contributed by atoms with Gasteiger partial charge in [0, 0.05) is 36.6 Å². The van der Waals surface area contributed by atoms with Crippen LogP contribution in [0.5, 0.6) is 11.5 Å². The number of aromatic nitrogens is 1. The zero-order chi connectivity index (χ0) is 21.5. The Kier molecular flexibility index (Phi) is 7.99. The van der Waals surface area contributed by atoms with E-state index in [1.807, 2.05) is 30.0 Å². The van der Waals surface area contributed by atoms with E-state index in [1.54, 1.807) is 23.1 Å². The zero-order valence-corrected chi connectivity index (χ0v) is 20.0. The average molecular weight is 475 g/mol. The third-order valence-corrected chi connectivity index (χ3v) is 7.62. The van der Waals surface area contributed by atoms with Crippen LogP contribution in [0.15, 0.2) is 47.5 Å². The molecular formula is C23H26N2O3S3. The first kappa shape index (κ1) is 22.3. The normalized spacial score (nSPS) is 13.6. The molecule has 0 fully saturated rings. The van der Waals surface area contributed by atoms with Crippen LogP contribution in [-0.2, 0) is 17.1 Å². The molecule has 1 aliphatic heterocycles. The summed E-state index contributed by atoms with van der Waals surface area (Å²) < 4.78 is 14.7. The summed E-state index contributed by atoms with van der Waals surface area (Å²) in [6.07, 6.45) is 3.40. The highest BCUT2D eigenvalue weighted by molar-refractivity contribution is 7.98. The Labute approximate surface area is 194 Å². The van der Waals surface area contributed by atoms with Gasteiger partial charge in [-0.25, -0.2) is 0 Å². The monoisotopic (exact) mass is 474 g/mol. The van der Waals surface area contributed by atoms with Crippen LogP contribution in [0, 0.1) is 0 Å². The quantitative estimate of drug-likeness (QED) is 0.410. The summed E-state index contributed by atoms with van der Waals surface area (Å²) in [6, 6.07) is 14.4. The standard InChI is InChI=1S/C23H26N2O3S3/c1-29-13-9-25-18-14-19-20(28-11-10-27-19)15-21(18)31-23(25)24-22(26)8-5-12-30-16-17-6-3-2-4-7-17/h2-4,6-7,14-15H,5,8-13,16H2,1H3. The smallest absolute Gasteiger partial charge is 0.248 e. The van der Waals surface area contributed by atoms with Crippen LogP contribution >= 0.6 is 34.9 Å². The molecule has 8 heteroatoms. The summed E-state index contributed by atoms with van der Waals surface area (Å²) in [5, 5.41) is 0. The number of thioether (sulfide) groups is 2. The van der Waals surface area contributed by atoms with Gasteiger partial charge in [-0.2, -0.15) is 28.5 Å². The molecule has 1 aliphatic rings. The van der Waals surface area contributed by atoms with Crippen LogP contribution in [0.25, 0.3) is 10.2 Å². The molecule has 164 valence electrons. The number of nitrogens with zero attached hydrogens (tertiary/aromatic N) is 2. The van der Waals surface area contributed by atoms with Gasteiger partial charge < -0.3 is 14.0 Å². The van der Waals surface area contributed by atoms with Gasteiger partial charge in [-0.05, 0) is 24.0 Å². The number of carbonyl (C=O) groups excluding carboxylic acids is 1. The third-order valence-electron chi connectivity index (χ3n) is 4.88. The van der Waals surface area contributed by atoms with Crippen molar-refractivity contribution in [3.63, 3.8) is 0 Å². The first-order valence-electron chi connectivity index (χ1n) is 10.4. The maximum Gasteiger partial charge on any atom is 0.248 e.